The summed E-state index contributed by atoms with van der Waals surface area (Å²) in [4.78, 5) is 12.2. The van der Waals surface area contributed by atoms with Crippen LogP contribution in [0.15, 0.2) is 30.3 Å². The molecule has 0 atom stereocenters. The van der Waals surface area contributed by atoms with Gasteiger partial charge < -0.3 is 10.6 Å². The molecule has 0 aliphatic carbocycles. The molecular weight excluding hydrogens is 310 g/mol. The molecule has 0 saturated carbocycles. The molecule has 0 fully saturated rings. The van der Waals surface area contributed by atoms with Crippen LogP contribution in [-0.4, -0.2) is 12.5 Å². The number of nitrogens with one attached hydrogen (secondary N) is 2. The number of hydrogen-bond acceptors (Lipinski definition) is 3. The van der Waals surface area contributed by atoms with Crippen molar-refractivity contribution in [3.63, 3.8) is 0 Å². The van der Waals surface area contributed by atoms with Crippen molar-refractivity contribution in [1.29, 1.82) is 5.26 Å². The minimum Gasteiger partial charge on any atom is -0.375 e. The lowest BCUT2D eigenvalue weighted by molar-refractivity contribution is -0.114. The van der Waals surface area contributed by atoms with Crippen LogP contribution in [0.1, 0.15) is 22.3 Å². The first-order chi connectivity index (χ1) is 10.9. The predicted molar refractivity (Wildman–Crippen MR) is 93.9 cm³/mol. The van der Waals surface area contributed by atoms with E-state index in [9.17, 15) is 4.79 Å². The highest BCUT2D eigenvalue weighted by atomic mass is 35.5. The quantitative estimate of drug-likeness (QED) is 0.885. The number of hydrogen-bond donors (Lipinski definition) is 2. The minimum absolute atomic E-state index is 0.0725. The first kappa shape index (κ1) is 16.9. The van der Waals surface area contributed by atoms with Gasteiger partial charge in [-0.05, 0) is 50.1 Å². The van der Waals surface area contributed by atoms with Gasteiger partial charge in [0.25, 0.3) is 0 Å². The number of anilines is 2. The first-order valence-corrected chi connectivity index (χ1v) is 7.59. The Morgan fingerprint density at radius 1 is 1.17 bits per heavy atom. The maximum Gasteiger partial charge on any atom is 0.243 e. The summed E-state index contributed by atoms with van der Waals surface area (Å²) < 4.78 is 0. The largest absolute Gasteiger partial charge is 0.375 e. The minimum atomic E-state index is -0.168. The number of nitriles is 1. The standard InChI is InChI=1S/C18H18ClN3O/c1-11-6-12(2)18(13(3)7-11)22-17(23)10-21-16-5-4-15(19)8-14(16)9-20/h4-8,21H,10H2,1-3H3,(H,22,23). The van der Waals surface area contributed by atoms with Crippen LogP contribution in [0.4, 0.5) is 11.4 Å². The molecule has 2 aromatic rings. The van der Waals surface area contributed by atoms with E-state index in [4.69, 9.17) is 16.9 Å². The Labute approximate surface area is 141 Å². The highest BCUT2D eigenvalue weighted by Gasteiger charge is 2.09. The fourth-order valence-electron chi connectivity index (χ4n) is 2.50. The zero-order valence-electron chi connectivity index (χ0n) is 13.3. The molecule has 0 saturated heterocycles. The summed E-state index contributed by atoms with van der Waals surface area (Å²) in [5.41, 5.74) is 5.05. The van der Waals surface area contributed by atoms with Gasteiger partial charge in [0.1, 0.15) is 6.07 Å². The van der Waals surface area contributed by atoms with Crippen molar-refractivity contribution in [2.75, 3.05) is 17.2 Å². The first-order valence-electron chi connectivity index (χ1n) is 7.22. The van der Waals surface area contributed by atoms with Gasteiger partial charge in [0.15, 0.2) is 0 Å². The van der Waals surface area contributed by atoms with Crippen LogP contribution in [0.2, 0.25) is 5.02 Å². The number of amides is 1. The summed E-state index contributed by atoms with van der Waals surface area (Å²) in [6.07, 6.45) is 0. The molecule has 0 radical (unpaired) electrons. The molecule has 0 heterocycles. The second-order valence-electron chi connectivity index (χ2n) is 5.48. The van der Waals surface area contributed by atoms with E-state index in [0.717, 1.165) is 22.4 Å². The topological polar surface area (TPSA) is 64.9 Å². The number of carbonyl (C=O) groups is 1. The van der Waals surface area contributed by atoms with E-state index >= 15 is 0 Å². The molecule has 2 aromatic carbocycles. The monoisotopic (exact) mass is 327 g/mol. The predicted octanol–water partition coefficient (Wildman–Crippen LogP) is 4.19. The summed E-state index contributed by atoms with van der Waals surface area (Å²) in [7, 11) is 0. The van der Waals surface area contributed by atoms with E-state index in [1.54, 1.807) is 18.2 Å². The van der Waals surface area contributed by atoms with Crippen molar-refractivity contribution in [3.8, 4) is 6.07 Å². The average molecular weight is 328 g/mol. The average Bonchev–Trinajstić information content (AvgIpc) is 2.49. The van der Waals surface area contributed by atoms with E-state index in [-0.39, 0.29) is 12.5 Å². The van der Waals surface area contributed by atoms with Gasteiger partial charge in [-0.3, -0.25) is 4.79 Å². The van der Waals surface area contributed by atoms with E-state index in [1.807, 2.05) is 32.9 Å². The molecule has 4 nitrogen and oxygen atoms in total. The van der Waals surface area contributed by atoms with Crippen LogP contribution < -0.4 is 10.6 Å². The Morgan fingerprint density at radius 3 is 2.43 bits per heavy atom. The lowest BCUT2D eigenvalue weighted by atomic mass is 10.1. The molecule has 2 rings (SSSR count). The van der Waals surface area contributed by atoms with Crippen molar-refractivity contribution in [2.45, 2.75) is 20.8 Å². The van der Waals surface area contributed by atoms with Gasteiger partial charge in [0, 0.05) is 10.7 Å². The zero-order chi connectivity index (χ0) is 17.0. The van der Waals surface area contributed by atoms with E-state index < -0.39 is 0 Å². The number of nitrogens with zero attached hydrogens (tertiary/aromatic N) is 1. The Bertz CT molecular complexity index is 770. The highest BCUT2D eigenvalue weighted by molar-refractivity contribution is 6.30. The Balaban J connectivity index is 2.06. The maximum absolute atomic E-state index is 12.2. The van der Waals surface area contributed by atoms with E-state index in [1.165, 1.54) is 0 Å². The molecule has 0 bridgehead atoms. The van der Waals surface area contributed by atoms with Crippen LogP contribution in [-0.2, 0) is 4.79 Å². The van der Waals surface area contributed by atoms with Gasteiger partial charge in [0.2, 0.25) is 5.91 Å². The van der Waals surface area contributed by atoms with E-state index in [0.29, 0.717) is 16.3 Å². The molecule has 0 spiro atoms. The van der Waals surface area contributed by atoms with Crippen molar-refractivity contribution < 1.29 is 4.79 Å². The third-order valence-electron chi connectivity index (χ3n) is 3.48. The van der Waals surface area contributed by atoms with Crippen LogP contribution in [0.3, 0.4) is 0 Å². The Hall–Kier alpha value is -2.51. The molecular formula is C18H18ClN3O. The lowest BCUT2D eigenvalue weighted by Crippen LogP contribution is -2.23. The van der Waals surface area contributed by atoms with Crippen molar-refractivity contribution in [1.82, 2.24) is 0 Å². The Morgan fingerprint density at radius 2 is 1.83 bits per heavy atom. The summed E-state index contributed by atoms with van der Waals surface area (Å²) in [6, 6.07) is 11.1. The molecule has 23 heavy (non-hydrogen) atoms. The smallest absolute Gasteiger partial charge is 0.243 e. The van der Waals surface area contributed by atoms with E-state index in [2.05, 4.69) is 16.7 Å². The van der Waals surface area contributed by atoms with Gasteiger partial charge in [-0.2, -0.15) is 5.26 Å². The zero-order valence-corrected chi connectivity index (χ0v) is 14.1. The van der Waals surface area contributed by atoms with Gasteiger partial charge >= 0.3 is 0 Å². The molecule has 0 aliphatic rings. The third kappa shape index (κ3) is 4.24. The molecule has 1 amide bonds. The summed E-state index contributed by atoms with van der Waals surface area (Å²) in [5, 5.41) is 15.5. The number of aryl methyl sites for hydroxylation is 3. The van der Waals surface area contributed by atoms with Gasteiger partial charge in [-0.15, -0.1) is 0 Å². The molecule has 2 N–H and O–H groups in total. The normalized spacial score (nSPS) is 10.0. The SMILES string of the molecule is Cc1cc(C)c(NC(=O)CNc2ccc(Cl)cc2C#N)c(C)c1. The van der Waals surface area contributed by atoms with Gasteiger partial charge in [-0.25, -0.2) is 0 Å². The second kappa shape index (κ2) is 7.17. The van der Waals surface area contributed by atoms with Crippen molar-refractivity contribution in [3.05, 3.63) is 57.6 Å². The third-order valence-corrected chi connectivity index (χ3v) is 3.72. The molecule has 0 aromatic heterocycles. The second-order valence-corrected chi connectivity index (χ2v) is 5.91. The number of benzene rings is 2. The van der Waals surface area contributed by atoms with Crippen LogP contribution in [0.25, 0.3) is 0 Å². The molecule has 0 aliphatic heterocycles. The summed E-state index contributed by atoms with van der Waals surface area (Å²) in [5.74, 6) is -0.168. The molecule has 0 unspecified atom stereocenters. The fourth-order valence-corrected chi connectivity index (χ4v) is 2.67. The number of carbonyl (C=O) groups excluding carboxylic acids is 1. The maximum atomic E-state index is 12.2. The fraction of sp³-hybridized carbons (Fsp3) is 0.222. The van der Waals surface area contributed by atoms with Crippen LogP contribution in [0, 0.1) is 32.1 Å². The summed E-state index contributed by atoms with van der Waals surface area (Å²) >= 11 is 5.86. The summed E-state index contributed by atoms with van der Waals surface area (Å²) in [6.45, 7) is 6.03. The van der Waals surface area contributed by atoms with Crippen molar-refractivity contribution >= 4 is 28.9 Å². The molecule has 5 heteroatoms. The highest BCUT2D eigenvalue weighted by Crippen LogP contribution is 2.22. The van der Waals surface area contributed by atoms with Gasteiger partial charge in [-0.1, -0.05) is 29.3 Å². The van der Waals surface area contributed by atoms with Crippen LogP contribution >= 0.6 is 11.6 Å². The van der Waals surface area contributed by atoms with Crippen molar-refractivity contribution in [2.24, 2.45) is 0 Å². The van der Waals surface area contributed by atoms with Gasteiger partial charge in [0.05, 0.1) is 17.8 Å². The molecule has 118 valence electrons. The number of rotatable bonds is 4. The Kier molecular flexibility index (Phi) is 5.25. The van der Waals surface area contributed by atoms with Crippen LogP contribution in [0.5, 0.6) is 0 Å². The number of halogens is 1. The lowest BCUT2D eigenvalue weighted by Gasteiger charge is -2.14.